The molecule has 2 aliphatic rings. The second kappa shape index (κ2) is 10.4. The molecule has 1 atom stereocenters. The van der Waals surface area contributed by atoms with Crippen molar-refractivity contribution in [2.45, 2.75) is 64.5 Å². The zero-order valence-electron chi connectivity index (χ0n) is 18.6. The Hall–Kier alpha value is -1.96. The van der Waals surface area contributed by atoms with E-state index >= 15 is 0 Å². The second-order valence-electron chi connectivity index (χ2n) is 8.75. The average molecular weight is 417 g/mol. The minimum absolute atomic E-state index is 0.0812. The fourth-order valence-corrected chi connectivity index (χ4v) is 4.62. The van der Waals surface area contributed by atoms with Crippen LogP contribution in [0.4, 0.5) is 10.5 Å². The first-order chi connectivity index (χ1) is 14.4. The number of amides is 3. The van der Waals surface area contributed by atoms with E-state index in [-0.39, 0.29) is 11.4 Å². The average Bonchev–Trinajstić information content (AvgIpc) is 2.75. The monoisotopic (exact) mass is 416 g/mol. The number of rotatable bonds is 6. The van der Waals surface area contributed by atoms with Crippen LogP contribution in [0, 0.1) is 13.8 Å². The molecule has 3 N–H and O–H groups in total. The number of hydrogen-bond donors (Lipinski definition) is 3. The zero-order chi connectivity index (χ0) is 21.6. The molecule has 1 aromatic carbocycles. The maximum atomic E-state index is 12.6. The van der Waals surface area contributed by atoms with Gasteiger partial charge < -0.3 is 15.4 Å². The van der Waals surface area contributed by atoms with Gasteiger partial charge in [-0.2, -0.15) is 0 Å². The number of nitrogens with one attached hydrogen (secondary N) is 3. The van der Waals surface area contributed by atoms with Crippen molar-refractivity contribution in [2.75, 3.05) is 38.2 Å². The van der Waals surface area contributed by atoms with Gasteiger partial charge in [0.15, 0.2) is 0 Å². The molecule has 1 saturated carbocycles. The van der Waals surface area contributed by atoms with Gasteiger partial charge in [-0.05, 0) is 45.2 Å². The summed E-state index contributed by atoms with van der Waals surface area (Å²) in [5, 5.41) is 8.64. The summed E-state index contributed by atoms with van der Waals surface area (Å²) in [4.78, 5) is 27.4. The maximum Gasteiger partial charge on any atom is 0.325 e. The summed E-state index contributed by atoms with van der Waals surface area (Å²) in [5.41, 5.74) is 2.88. The molecule has 1 saturated heterocycles. The smallest absolute Gasteiger partial charge is 0.325 e. The molecule has 1 aliphatic heterocycles. The number of carbonyl (C=O) groups excluding carboxylic acids is 2. The third-order valence-corrected chi connectivity index (χ3v) is 6.46. The number of urea groups is 1. The number of morpholine rings is 1. The van der Waals surface area contributed by atoms with Gasteiger partial charge in [0.05, 0.1) is 19.3 Å². The normalized spacial score (nSPS) is 20.4. The van der Waals surface area contributed by atoms with E-state index in [2.05, 4.69) is 20.9 Å². The first-order valence-corrected chi connectivity index (χ1v) is 11.1. The van der Waals surface area contributed by atoms with Crippen molar-refractivity contribution in [3.05, 3.63) is 29.3 Å². The van der Waals surface area contributed by atoms with Gasteiger partial charge in [-0.1, -0.05) is 37.0 Å². The molecule has 1 aromatic rings. The molecule has 1 heterocycles. The summed E-state index contributed by atoms with van der Waals surface area (Å²) in [6.45, 7) is 9.94. The van der Waals surface area contributed by atoms with E-state index in [0.717, 1.165) is 56.8 Å². The predicted octanol–water partition coefficient (Wildman–Crippen LogP) is 2.96. The molecule has 3 amide bonds. The standard InChI is InChI=1S/C23H36N4O3/c1-17-7-8-20(18(2)15-17)25-22(29)26-21(28)19(3)24-16-23(9-5-4-6-10-23)27-11-13-30-14-12-27/h7-8,15,19,24H,4-6,9-14,16H2,1-3H3,(H2,25,26,28,29)/t19-/m1/s1. The molecule has 7 heteroatoms. The van der Waals surface area contributed by atoms with Crippen LogP contribution in [-0.2, 0) is 9.53 Å². The van der Waals surface area contributed by atoms with Crippen LogP contribution in [0.5, 0.6) is 0 Å². The Morgan fingerprint density at radius 1 is 1.13 bits per heavy atom. The minimum Gasteiger partial charge on any atom is -0.379 e. The van der Waals surface area contributed by atoms with E-state index in [4.69, 9.17) is 4.74 Å². The van der Waals surface area contributed by atoms with Gasteiger partial charge in [0.2, 0.25) is 5.91 Å². The Morgan fingerprint density at radius 2 is 1.83 bits per heavy atom. The lowest BCUT2D eigenvalue weighted by Gasteiger charge is -2.48. The van der Waals surface area contributed by atoms with Crippen molar-refractivity contribution in [2.24, 2.45) is 0 Å². The molecule has 7 nitrogen and oxygen atoms in total. The largest absolute Gasteiger partial charge is 0.379 e. The van der Waals surface area contributed by atoms with Crippen LogP contribution in [0.2, 0.25) is 0 Å². The fourth-order valence-electron chi connectivity index (χ4n) is 4.62. The molecule has 0 aromatic heterocycles. The number of ether oxygens (including phenoxy) is 1. The molecule has 30 heavy (non-hydrogen) atoms. The first kappa shape index (κ1) is 22.7. The van der Waals surface area contributed by atoms with E-state index in [1.54, 1.807) is 0 Å². The van der Waals surface area contributed by atoms with Gasteiger partial charge in [0.25, 0.3) is 0 Å². The number of imide groups is 1. The highest BCUT2D eigenvalue weighted by atomic mass is 16.5. The Morgan fingerprint density at radius 3 is 2.50 bits per heavy atom. The van der Waals surface area contributed by atoms with Crippen molar-refractivity contribution < 1.29 is 14.3 Å². The molecule has 0 bridgehead atoms. The van der Waals surface area contributed by atoms with Gasteiger partial charge in [0.1, 0.15) is 0 Å². The van der Waals surface area contributed by atoms with Gasteiger partial charge in [-0.3, -0.25) is 15.0 Å². The number of benzene rings is 1. The SMILES string of the molecule is Cc1ccc(NC(=O)NC(=O)[C@@H](C)NCC2(N3CCOCC3)CCCCC2)c(C)c1. The van der Waals surface area contributed by atoms with E-state index in [9.17, 15) is 9.59 Å². The van der Waals surface area contributed by atoms with Gasteiger partial charge in [0, 0.05) is 30.9 Å². The molecular weight excluding hydrogens is 380 g/mol. The summed E-state index contributed by atoms with van der Waals surface area (Å²) in [6, 6.07) is 4.84. The lowest BCUT2D eigenvalue weighted by atomic mass is 9.79. The van der Waals surface area contributed by atoms with Crippen molar-refractivity contribution >= 4 is 17.6 Å². The summed E-state index contributed by atoms with van der Waals surface area (Å²) in [7, 11) is 0. The molecule has 1 aliphatic carbocycles. The molecule has 0 radical (unpaired) electrons. The van der Waals surface area contributed by atoms with Crippen LogP contribution in [0.1, 0.15) is 50.2 Å². The lowest BCUT2D eigenvalue weighted by molar-refractivity contribution is -0.121. The van der Waals surface area contributed by atoms with Crippen LogP contribution in [0.3, 0.4) is 0 Å². The van der Waals surface area contributed by atoms with Crippen molar-refractivity contribution in [3.63, 3.8) is 0 Å². The Labute approximate surface area is 179 Å². The highest BCUT2D eigenvalue weighted by Crippen LogP contribution is 2.34. The van der Waals surface area contributed by atoms with Crippen LogP contribution < -0.4 is 16.0 Å². The predicted molar refractivity (Wildman–Crippen MR) is 119 cm³/mol. The quantitative estimate of drug-likeness (QED) is 0.664. The number of nitrogens with zero attached hydrogens (tertiary/aromatic N) is 1. The van der Waals surface area contributed by atoms with Crippen LogP contribution in [0.25, 0.3) is 0 Å². The van der Waals surface area contributed by atoms with E-state index in [1.807, 2.05) is 39.0 Å². The topological polar surface area (TPSA) is 82.7 Å². The van der Waals surface area contributed by atoms with Crippen LogP contribution in [0.15, 0.2) is 18.2 Å². The fraction of sp³-hybridized carbons (Fsp3) is 0.652. The van der Waals surface area contributed by atoms with Crippen molar-refractivity contribution in [3.8, 4) is 0 Å². The number of carbonyl (C=O) groups is 2. The molecule has 166 valence electrons. The van der Waals surface area contributed by atoms with Crippen LogP contribution >= 0.6 is 0 Å². The molecule has 3 rings (SSSR count). The Balaban J connectivity index is 1.52. The van der Waals surface area contributed by atoms with Crippen LogP contribution in [-0.4, -0.2) is 61.3 Å². The highest BCUT2D eigenvalue weighted by Gasteiger charge is 2.38. The summed E-state index contributed by atoms with van der Waals surface area (Å²) >= 11 is 0. The third kappa shape index (κ3) is 5.80. The minimum atomic E-state index is -0.499. The van der Waals surface area contributed by atoms with E-state index in [1.165, 1.54) is 19.3 Å². The van der Waals surface area contributed by atoms with E-state index < -0.39 is 12.1 Å². The van der Waals surface area contributed by atoms with Crippen molar-refractivity contribution in [1.29, 1.82) is 0 Å². The highest BCUT2D eigenvalue weighted by molar-refractivity contribution is 6.03. The van der Waals surface area contributed by atoms with Gasteiger partial charge in [-0.15, -0.1) is 0 Å². The first-order valence-electron chi connectivity index (χ1n) is 11.1. The summed E-state index contributed by atoms with van der Waals surface area (Å²) in [6.07, 6.45) is 6.00. The molecule has 0 spiro atoms. The lowest BCUT2D eigenvalue weighted by Crippen LogP contribution is -2.61. The molecule has 0 unspecified atom stereocenters. The summed E-state index contributed by atoms with van der Waals surface area (Å²) < 4.78 is 5.54. The van der Waals surface area contributed by atoms with Gasteiger partial charge in [-0.25, -0.2) is 4.79 Å². The maximum absolute atomic E-state index is 12.6. The number of aryl methyl sites for hydroxylation is 2. The summed E-state index contributed by atoms with van der Waals surface area (Å²) in [5.74, 6) is -0.315. The third-order valence-electron chi connectivity index (χ3n) is 6.46. The molecular formula is C23H36N4O3. The Kier molecular flexibility index (Phi) is 7.86. The number of hydrogen-bond acceptors (Lipinski definition) is 5. The zero-order valence-corrected chi connectivity index (χ0v) is 18.6. The van der Waals surface area contributed by atoms with E-state index in [0.29, 0.717) is 5.69 Å². The number of anilines is 1. The Bertz CT molecular complexity index is 740. The van der Waals surface area contributed by atoms with Crippen molar-refractivity contribution in [1.82, 2.24) is 15.5 Å². The van der Waals surface area contributed by atoms with Gasteiger partial charge >= 0.3 is 6.03 Å². The molecule has 2 fully saturated rings. The second-order valence-corrected chi connectivity index (χ2v) is 8.75.